The Morgan fingerprint density at radius 2 is 2.00 bits per heavy atom. The van der Waals surface area contributed by atoms with E-state index in [1.807, 2.05) is 17.0 Å². The molecule has 0 aliphatic carbocycles. The highest BCUT2D eigenvalue weighted by molar-refractivity contribution is 5.98. The van der Waals surface area contributed by atoms with Crippen LogP contribution in [0, 0.1) is 5.41 Å². The SMILES string of the molecule is O=C1c2ccc(O[C@H]3CCN(Cc4ccc5nc(N6CC7(COC7)C6)ccc5c4)C3)cc2CN1C1CCCNC1. The fraction of sp³-hybridized carbons (Fsp3) is 0.500. The summed E-state index contributed by atoms with van der Waals surface area (Å²) in [5.41, 5.74) is 4.70. The number of pyridine rings is 1. The van der Waals surface area contributed by atoms with Crippen LogP contribution in [0.5, 0.6) is 5.75 Å². The van der Waals surface area contributed by atoms with Crippen LogP contribution in [0.4, 0.5) is 5.82 Å². The Labute approximate surface area is 235 Å². The van der Waals surface area contributed by atoms with Gasteiger partial charge in [-0.3, -0.25) is 9.69 Å². The van der Waals surface area contributed by atoms with Gasteiger partial charge < -0.3 is 24.6 Å². The topological polar surface area (TPSA) is 70.2 Å². The van der Waals surface area contributed by atoms with Crippen LogP contribution in [-0.4, -0.2) is 85.3 Å². The van der Waals surface area contributed by atoms with Crippen molar-refractivity contribution in [1.82, 2.24) is 20.1 Å². The van der Waals surface area contributed by atoms with E-state index in [2.05, 4.69) is 51.5 Å². The standard InChI is InChI=1S/C32H37N5O3/c38-31-28-6-5-26(13-24(28)16-37(31)25-2-1-10-33-14-25)40-27-9-11-35(17-27)15-22-3-7-29-23(12-22)4-8-30(34-29)36-18-32(19-36)20-39-21-32/h3-8,12-13,25,27,33H,1-2,9-11,14-21H2/t25?,27-/m0/s1. The molecule has 1 spiro atoms. The molecule has 4 fully saturated rings. The first-order chi connectivity index (χ1) is 19.6. The lowest BCUT2D eigenvalue weighted by Gasteiger charge is -2.55. The van der Waals surface area contributed by atoms with Crippen molar-refractivity contribution in [3.63, 3.8) is 0 Å². The Morgan fingerprint density at radius 3 is 2.83 bits per heavy atom. The van der Waals surface area contributed by atoms with Crippen molar-refractivity contribution in [2.45, 2.75) is 44.5 Å². The van der Waals surface area contributed by atoms with Crippen LogP contribution in [0.15, 0.2) is 48.5 Å². The number of carbonyl (C=O) groups excluding carboxylic acids is 1. The van der Waals surface area contributed by atoms with Crippen molar-refractivity contribution in [3.8, 4) is 5.75 Å². The molecule has 8 rings (SSSR count). The third-order valence-corrected chi connectivity index (χ3v) is 9.49. The van der Waals surface area contributed by atoms with Crippen LogP contribution >= 0.6 is 0 Å². The molecule has 5 aliphatic rings. The largest absolute Gasteiger partial charge is 0.489 e. The maximum Gasteiger partial charge on any atom is 0.254 e. The van der Waals surface area contributed by atoms with E-state index in [-0.39, 0.29) is 12.0 Å². The zero-order valence-electron chi connectivity index (χ0n) is 23.0. The van der Waals surface area contributed by atoms with Crippen LogP contribution in [0.1, 0.15) is 40.7 Å². The smallest absolute Gasteiger partial charge is 0.254 e. The van der Waals surface area contributed by atoms with Crippen LogP contribution in [0.3, 0.4) is 0 Å². The van der Waals surface area contributed by atoms with Crippen LogP contribution in [0.2, 0.25) is 0 Å². The minimum Gasteiger partial charge on any atom is -0.489 e. The summed E-state index contributed by atoms with van der Waals surface area (Å²) in [6, 6.07) is 17.4. The second-order valence-electron chi connectivity index (χ2n) is 12.6. The molecule has 0 saturated carbocycles. The molecule has 1 unspecified atom stereocenters. The van der Waals surface area contributed by atoms with E-state index in [1.165, 1.54) is 10.9 Å². The third-order valence-electron chi connectivity index (χ3n) is 9.49. The number of benzene rings is 2. The molecule has 2 atom stereocenters. The maximum atomic E-state index is 13.0. The Kier molecular flexibility index (Phi) is 5.97. The van der Waals surface area contributed by atoms with Crippen molar-refractivity contribution in [3.05, 3.63) is 65.2 Å². The summed E-state index contributed by atoms with van der Waals surface area (Å²) in [5.74, 6) is 2.13. The number of nitrogens with one attached hydrogen (secondary N) is 1. The Morgan fingerprint density at radius 1 is 1.07 bits per heavy atom. The summed E-state index contributed by atoms with van der Waals surface area (Å²) in [4.78, 5) is 24.8. The molecule has 1 N–H and O–H groups in total. The summed E-state index contributed by atoms with van der Waals surface area (Å²) < 4.78 is 11.8. The van der Waals surface area contributed by atoms with E-state index in [0.29, 0.717) is 18.0 Å². The average molecular weight is 540 g/mol. The summed E-state index contributed by atoms with van der Waals surface area (Å²) in [6.45, 7) is 9.39. The second kappa shape index (κ2) is 9.72. The molecule has 6 heterocycles. The van der Waals surface area contributed by atoms with E-state index in [1.54, 1.807) is 0 Å². The molecule has 0 bridgehead atoms. The summed E-state index contributed by atoms with van der Waals surface area (Å²) in [5, 5.41) is 4.63. The number of fused-ring (bicyclic) bond motifs is 2. The number of hydrogen-bond acceptors (Lipinski definition) is 7. The third kappa shape index (κ3) is 4.42. The summed E-state index contributed by atoms with van der Waals surface area (Å²) in [7, 11) is 0. The second-order valence-corrected chi connectivity index (χ2v) is 12.6. The van der Waals surface area contributed by atoms with Gasteiger partial charge in [0.1, 0.15) is 17.7 Å². The number of carbonyl (C=O) groups is 1. The van der Waals surface area contributed by atoms with Gasteiger partial charge in [-0.2, -0.15) is 0 Å². The Hall–Kier alpha value is -3.20. The molecule has 5 aliphatic heterocycles. The van der Waals surface area contributed by atoms with E-state index in [4.69, 9.17) is 14.5 Å². The molecule has 2 aromatic carbocycles. The molecule has 40 heavy (non-hydrogen) atoms. The first-order valence-corrected chi connectivity index (χ1v) is 14.9. The van der Waals surface area contributed by atoms with Gasteiger partial charge in [-0.1, -0.05) is 6.07 Å². The molecular formula is C32H37N5O3. The van der Waals surface area contributed by atoms with Gasteiger partial charge in [0, 0.05) is 62.8 Å². The molecule has 0 radical (unpaired) electrons. The lowest BCUT2D eigenvalue weighted by molar-refractivity contribution is -0.127. The number of aromatic nitrogens is 1. The van der Waals surface area contributed by atoms with Gasteiger partial charge >= 0.3 is 0 Å². The fourth-order valence-electron chi connectivity index (χ4n) is 7.21. The van der Waals surface area contributed by atoms with Crippen molar-refractivity contribution >= 4 is 22.6 Å². The van der Waals surface area contributed by atoms with E-state index < -0.39 is 0 Å². The lowest BCUT2D eigenvalue weighted by atomic mass is 9.78. The first-order valence-electron chi connectivity index (χ1n) is 14.9. The Balaban J connectivity index is 0.874. The molecule has 8 heteroatoms. The monoisotopic (exact) mass is 539 g/mol. The van der Waals surface area contributed by atoms with E-state index in [9.17, 15) is 4.79 Å². The molecule has 208 valence electrons. The molecular weight excluding hydrogens is 502 g/mol. The number of nitrogens with zero attached hydrogens (tertiary/aromatic N) is 4. The van der Waals surface area contributed by atoms with Gasteiger partial charge in [0.15, 0.2) is 0 Å². The van der Waals surface area contributed by atoms with Gasteiger partial charge in [-0.25, -0.2) is 4.98 Å². The zero-order valence-corrected chi connectivity index (χ0v) is 23.0. The van der Waals surface area contributed by atoms with Crippen LogP contribution < -0.4 is 15.0 Å². The van der Waals surface area contributed by atoms with Gasteiger partial charge in [-0.05, 0) is 79.4 Å². The van der Waals surface area contributed by atoms with Crippen molar-refractivity contribution in [1.29, 1.82) is 0 Å². The van der Waals surface area contributed by atoms with Gasteiger partial charge in [0.25, 0.3) is 5.91 Å². The predicted molar refractivity (Wildman–Crippen MR) is 154 cm³/mol. The lowest BCUT2D eigenvalue weighted by Crippen LogP contribution is -2.66. The Bertz CT molecular complexity index is 1440. The highest BCUT2D eigenvalue weighted by Crippen LogP contribution is 2.40. The number of rotatable bonds is 6. The molecule has 4 saturated heterocycles. The minimum absolute atomic E-state index is 0.166. The maximum absolute atomic E-state index is 13.0. The quantitative estimate of drug-likeness (QED) is 0.515. The van der Waals surface area contributed by atoms with Crippen molar-refractivity contribution in [2.75, 3.05) is 57.4 Å². The van der Waals surface area contributed by atoms with Crippen molar-refractivity contribution < 1.29 is 14.3 Å². The summed E-state index contributed by atoms with van der Waals surface area (Å²) >= 11 is 0. The fourth-order valence-corrected chi connectivity index (χ4v) is 7.21. The van der Waals surface area contributed by atoms with Gasteiger partial charge in [0.05, 0.1) is 24.1 Å². The van der Waals surface area contributed by atoms with Gasteiger partial charge in [-0.15, -0.1) is 0 Å². The molecule has 8 nitrogen and oxygen atoms in total. The zero-order chi connectivity index (χ0) is 26.7. The number of ether oxygens (including phenoxy) is 2. The molecule has 1 amide bonds. The normalized spacial score (nSPS) is 25.8. The number of piperidine rings is 1. The highest BCUT2D eigenvalue weighted by atomic mass is 16.5. The number of amides is 1. The highest BCUT2D eigenvalue weighted by Gasteiger charge is 2.49. The van der Waals surface area contributed by atoms with E-state index in [0.717, 1.165) is 107 Å². The summed E-state index contributed by atoms with van der Waals surface area (Å²) in [6.07, 6.45) is 3.39. The van der Waals surface area contributed by atoms with E-state index >= 15 is 0 Å². The van der Waals surface area contributed by atoms with Crippen LogP contribution in [-0.2, 0) is 17.8 Å². The average Bonchev–Trinajstić information content (AvgIpc) is 3.50. The minimum atomic E-state index is 0.166. The van der Waals surface area contributed by atoms with Crippen LogP contribution in [0.25, 0.3) is 10.9 Å². The number of hydrogen-bond donors (Lipinski definition) is 1. The molecule has 1 aromatic heterocycles. The number of anilines is 1. The first kappa shape index (κ1) is 24.6. The molecule has 3 aromatic rings. The van der Waals surface area contributed by atoms with Gasteiger partial charge in [0.2, 0.25) is 0 Å². The number of likely N-dealkylation sites (tertiary alicyclic amines) is 1. The predicted octanol–water partition coefficient (Wildman–Crippen LogP) is 3.43. The van der Waals surface area contributed by atoms with Crippen molar-refractivity contribution in [2.24, 2.45) is 5.41 Å².